The molecule has 1 aromatic rings. The molecular weight excluding hydrogens is 285 g/mol. The maximum Gasteiger partial charge on any atom is 0.433 e. The van der Waals surface area contributed by atoms with E-state index in [1.807, 2.05) is 7.05 Å². The molecule has 2 unspecified atom stereocenters. The van der Waals surface area contributed by atoms with E-state index in [4.69, 9.17) is 5.84 Å². The monoisotopic (exact) mass is 304 g/mol. The van der Waals surface area contributed by atoms with Gasteiger partial charge in [0.2, 0.25) is 5.95 Å². The number of alkyl halides is 3. The Labute approximate surface area is 120 Å². The average molecular weight is 304 g/mol. The van der Waals surface area contributed by atoms with E-state index in [1.165, 1.54) is 0 Å². The van der Waals surface area contributed by atoms with Crippen LogP contribution in [-0.2, 0) is 6.18 Å². The minimum absolute atomic E-state index is 0.0813. The Balaban J connectivity index is 2.16. The molecule has 0 aliphatic carbocycles. The van der Waals surface area contributed by atoms with Gasteiger partial charge in [-0.1, -0.05) is 0 Å². The maximum atomic E-state index is 12.8. The molecule has 2 atom stereocenters. The Morgan fingerprint density at radius 3 is 2.67 bits per heavy atom. The number of nitrogens with one attached hydrogen (secondary N) is 2. The van der Waals surface area contributed by atoms with Crippen molar-refractivity contribution >= 4 is 11.8 Å². The fourth-order valence-electron chi connectivity index (χ4n) is 2.36. The molecule has 9 heteroatoms. The number of aromatic nitrogens is 2. The molecular formula is C12H19F3N6. The quantitative estimate of drug-likeness (QED) is 0.582. The van der Waals surface area contributed by atoms with E-state index in [1.54, 1.807) is 0 Å². The van der Waals surface area contributed by atoms with E-state index >= 15 is 0 Å². The van der Waals surface area contributed by atoms with Gasteiger partial charge in [-0.15, -0.1) is 0 Å². The lowest BCUT2D eigenvalue weighted by Gasteiger charge is -2.35. The summed E-state index contributed by atoms with van der Waals surface area (Å²) in [7, 11) is 2.03. The number of piperidine rings is 1. The Morgan fingerprint density at radius 2 is 2.10 bits per heavy atom. The van der Waals surface area contributed by atoms with Gasteiger partial charge in [0.15, 0.2) is 5.69 Å². The van der Waals surface area contributed by atoms with Crippen molar-refractivity contribution < 1.29 is 13.2 Å². The van der Waals surface area contributed by atoms with E-state index in [9.17, 15) is 13.2 Å². The van der Waals surface area contributed by atoms with E-state index in [0.717, 1.165) is 25.5 Å². The van der Waals surface area contributed by atoms with Crippen LogP contribution in [0.25, 0.3) is 0 Å². The SMILES string of the molecule is CC1CC(Nc2cc(C(F)(F)F)nc(NN)n2)CCN1C. The highest BCUT2D eigenvalue weighted by molar-refractivity contribution is 5.43. The Morgan fingerprint density at radius 1 is 1.38 bits per heavy atom. The topological polar surface area (TPSA) is 79.1 Å². The molecule has 21 heavy (non-hydrogen) atoms. The molecule has 1 fully saturated rings. The minimum Gasteiger partial charge on any atom is -0.367 e. The highest BCUT2D eigenvalue weighted by atomic mass is 19.4. The molecule has 0 radical (unpaired) electrons. The fourth-order valence-corrected chi connectivity index (χ4v) is 2.36. The Hall–Kier alpha value is -1.61. The molecule has 0 amide bonds. The minimum atomic E-state index is -4.54. The van der Waals surface area contributed by atoms with Crippen LogP contribution in [-0.4, -0.2) is 40.5 Å². The first kappa shape index (κ1) is 15.8. The number of hydrogen-bond donors (Lipinski definition) is 3. The van der Waals surface area contributed by atoms with Crippen LogP contribution in [0.5, 0.6) is 0 Å². The van der Waals surface area contributed by atoms with Crippen LogP contribution in [0.1, 0.15) is 25.5 Å². The molecule has 1 aliphatic rings. The summed E-state index contributed by atoms with van der Waals surface area (Å²) in [5.41, 5.74) is 1.04. The number of hydrogen-bond acceptors (Lipinski definition) is 6. The van der Waals surface area contributed by atoms with Crippen molar-refractivity contribution in [3.63, 3.8) is 0 Å². The molecule has 4 N–H and O–H groups in total. The lowest BCUT2D eigenvalue weighted by molar-refractivity contribution is -0.141. The first-order valence-corrected chi connectivity index (χ1v) is 6.69. The van der Waals surface area contributed by atoms with Crippen molar-refractivity contribution in [3.8, 4) is 0 Å². The number of anilines is 2. The second-order valence-electron chi connectivity index (χ2n) is 5.30. The zero-order valence-corrected chi connectivity index (χ0v) is 11.9. The first-order valence-electron chi connectivity index (χ1n) is 6.69. The normalized spacial score (nSPS) is 23.9. The zero-order chi connectivity index (χ0) is 15.6. The van der Waals surface area contributed by atoms with Crippen LogP contribution in [0.4, 0.5) is 24.9 Å². The number of hydrazine groups is 1. The second kappa shape index (κ2) is 6.02. The molecule has 0 aromatic carbocycles. The molecule has 0 bridgehead atoms. The summed E-state index contributed by atoms with van der Waals surface area (Å²) < 4.78 is 38.3. The van der Waals surface area contributed by atoms with Crippen molar-refractivity contribution in [2.75, 3.05) is 24.3 Å². The Kier molecular flexibility index (Phi) is 4.52. The van der Waals surface area contributed by atoms with Crippen LogP contribution in [0.2, 0.25) is 0 Å². The first-order chi connectivity index (χ1) is 9.79. The third-order valence-electron chi connectivity index (χ3n) is 3.71. The zero-order valence-electron chi connectivity index (χ0n) is 11.9. The van der Waals surface area contributed by atoms with Crippen LogP contribution >= 0.6 is 0 Å². The molecule has 1 aliphatic heterocycles. The standard InChI is InChI=1S/C12H19F3N6/c1-7-5-8(3-4-21(7)2)17-10-6-9(12(13,14)15)18-11(19-10)20-16/h6-8H,3-5,16H2,1-2H3,(H2,17,18,19,20). The molecule has 0 spiro atoms. The van der Waals surface area contributed by atoms with Gasteiger partial charge in [-0.3, -0.25) is 5.43 Å². The van der Waals surface area contributed by atoms with Crippen molar-refractivity contribution in [3.05, 3.63) is 11.8 Å². The van der Waals surface area contributed by atoms with Crippen molar-refractivity contribution in [2.24, 2.45) is 5.84 Å². The molecule has 2 heterocycles. The van der Waals surface area contributed by atoms with Crippen molar-refractivity contribution in [2.45, 2.75) is 38.0 Å². The third-order valence-corrected chi connectivity index (χ3v) is 3.71. The smallest absolute Gasteiger partial charge is 0.367 e. The number of nitrogens with two attached hydrogens (primary N) is 1. The van der Waals surface area contributed by atoms with Crippen LogP contribution in [0, 0.1) is 0 Å². The number of likely N-dealkylation sites (tertiary alicyclic amines) is 1. The molecule has 118 valence electrons. The highest BCUT2D eigenvalue weighted by Gasteiger charge is 2.34. The van der Waals surface area contributed by atoms with Crippen LogP contribution in [0.3, 0.4) is 0 Å². The molecule has 1 saturated heterocycles. The Bertz CT molecular complexity index is 492. The van der Waals surface area contributed by atoms with E-state index in [-0.39, 0.29) is 17.8 Å². The third kappa shape index (κ3) is 3.94. The highest BCUT2D eigenvalue weighted by Crippen LogP contribution is 2.30. The number of nitrogen functional groups attached to an aromatic ring is 1. The predicted molar refractivity (Wildman–Crippen MR) is 73.6 cm³/mol. The summed E-state index contributed by atoms with van der Waals surface area (Å²) in [6.45, 7) is 2.97. The van der Waals surface area contributed by atoms with Gasteiger partial charge in [-0.05, 0) is 26.8 Å². The molecule has 2 rings (SSSR count). The average Bonchev–Trinajstić information content (AvgIpc) is 2.41. The number of halogens is 3. The maximum absolute atomic E-state index is 12.8. The van der Waals surface area contributed by atoms with Gasteiger partial charge in [0, 0.05) is 24.7 Å². The van der Waals surface area contributed by atoms with Gasteiger partial charge in [0.1, 0.15) is 5.82 Å². The van der Waals surface area contributed by atoms with Crippen LogP contribution in [0.15, 0.2) is 6.07 Å². The van der Waals surface area contributed by atoms with E-state index < -0.39 is 11.9 Å². The molecule has 0 saturated carbocycles. The van der Waals surface area contributed by atoms with Gasteiger partial charge in [-0.25, -0.2) is 10.8 Å². The van der Waals surface area contributed by atoms with Crippen molar-refractivity contribution in [1.29, 1.82) is 0 Å². The predicted octanol–water partition coefficient (Wildman–Crippen LogP) is 1.68. The van der Waals surface area contributed by atoms with Gasteiger partial charge < -0.3 is 10.2 Å². The van der Waals surface area contributed by atoms with E-state index in [2.05, 4.69) is 32.5 Å². The summed E-state index contributed by atoms with van der Waals surface area (Å²) >= 11 is 0. The summed E-state index contributed by atoms with van der Waals surface area (Å²) in [6.07, 6.45) is -2.85. The van der Waals surface area contributed by atoms with Gasteiger partial charge in [-0.2, -0.15) is 18.2 Å². The lowest BCUT2D eigenvalue weighted by atomic mass is 9.99. The summed E-state index contributed by atoms with van der Waals surface area (Å²) in [5, 5.41) is 3.05. The summed E-state index contributed by atoms with van der Waals surface area (Å²) in [5.74, 6) is 5.00. The number of nitrogens with zero attached hydrogens (tertiary/aromatic N) is 3. The van der Waals surface area contributed by atoms with Gasteiger partial charge >= 0.3 is 6.18 Å². The summed E-state index contributed by atoms with van der Waals surface area (Å²) in [6, 6.07) is 1.36. The van der Waals surface area contributed by atoms with Gasteiger partial charge in [0.25, 0.3) is 0 Å². The fraction of sp³-hybridized carbons (Fsp3) is 0.667. The van der Waals surface area contributed by atoms with Gasteiger partial charge in [0.05, 0.1) is 0 Å². The lowest BCUT2D eigenvalue weighted by Crippen LogP contribution is -2.42. The largest absolute Gasteiger partial charge is 0.433 e. The molecule has 1 aromatic heterocycles. The van der Waals surface area contributed by atoms with E-state index in [0.29, 0.717) is 6.04 Å². The second-order valence-corrected chi connectivity index (χ2v) is 5.30. The van der Waals surface area contributed by atoms with Crippen molar-refractivity contribution in [1.82, 2.24) is 14.9 Å². The van der Waals surface area contributed by atoms with Crippen LogP contribution < -0.4 is 16.6 Å². The number of rotatable bonds is 3. The molecule has 6 nitrogen and oxygen atoms in total. The summed E-state index contributed by atoms with van der Waals surface area (Å²) in [4.78, 5) is 9.47.